The van der Waals surface area contributed by atoms with E-state index in [9.17, 15) is 0 Å². The van der Waals surface area contributed by atoms with Crippen molar-refractivity contribution in [3.8, 4) is 56.0 Å². The van der Waals surface area contributed by atoms with Crippen LogP contribution in [0, 0.1) is 0 Å². The number of benzene rings is 7. The van der Waals surface area contributed by atoms with E-state index in [4.69, 9.17) is 9.15 Å². The lowest BCUT2D eigenvalue weighted by atomic mass is 9.81. The average molecular weight is 577 g/mol. The number of rotatable bonds is 2. The molecule has 2 nitrogen and oxygen atoms in total. The summed E-state index contributed by atoms with van der Waals surface area (Å²) in [4.78, 5) is 0. The second kappa shape index (κ2) is 8.74. The van der Waals surface area contributed by atoms with Gasteiger partial charge in [-0.3, -0.25) is 0 Å². The van der Waals surface area contributed by atoms with Crippen LogP contribution in [-0.2, 0) is 5.41 Å². The summed E-state index contributed by atoms with van der Waals surface area (Å²) in [6.45, 7) is 4.68. The number of hydrogen-bond donors (Lipinski definition) is 0. The molecule has 1 aliphatic carbocycles. The summed E-state index contributed by atoms with van der Waals surface area (Å²) in [6.07, 6.45) is 0. The molecule has 7 aromatic carbocycles. The lowest BCUT2D eigenvalue weighted by Gasteiger charge is -2.24. The minimum absolute atomic E-state index is 0.0383. The van der Waals surface area contributed by atoms with Gasteiger partial charge in [0.2, 0.25) is 0 Å². The molecule has 1 aliphatic heterocycles. The Labute approximate surface area is 261 Å². The molecule has 0 N–H and O–H groups in total. The van der Waals surface area contributed by atoms with Gasteiger partial charge in [0.05, 0.1) is 0 Å². The van der Waals surface area contributed by atoms with Crippen molar-refractivity contribution in [2.75, 3.05) is 0 Å². The Bertz CT molecular complexity index is 2550. The second-order valence-corrected chi connectivity index (χ2v) is 12.9. The van der Waals surface area contributed by atoms with Crippen LogP contribution in [0.25, 0.3) is 77.2 Å². The Balaban J connectivity index is 1.14. The molecule has 0 fully saturated rings. The van der Waals surface area contributed by atoms with Crippen molar-refractivity contribution < 1.29 is 9.15 Å². The third-order valence-electron chi connectivity index (χ3n) is 10.1. The van der Waals surface area contributed by atoms with Crippen molar-refractivity contribution in [3.63, 3.8) is 0 Å². The highest BCUT2D eigenvalue weighted by Crippen LogP contribution is 2.52. The smallest absolute Gasteiger partial charge is 0.136 e. The molecule has 2 aliphatic rings. The lowest BCUT2D eigenvalue weighted by molar-refractivity contribution is 0.487. The number of ether oxygens (including phenoxy) is 1. The summed E-state index contributed by atoms with van der Waals surface area (Å²) >= 11 is 0. The highest BCUT2D eigenvalue weighted by Gasteiger charge is 2.35. The van der Waals surface area contributed by atoms with Crippen LogP contribution in [-0.4, -0.2) is 0 Å². The van der Waals surface area contributed by atoms with E-state index in [0.29, 0.717) is 0 Å². The van der Waals surface area contributed by atoms with E-state index >= 15 is 0 Å². The quantitative estimate of drug-likeness (QED) is 0.204. The van der Waals surface area contributed by atoms with Crippen LogP contribution in [0.4, 0.5) is 0 Å². The summed E-state index contributed by atoms with van der Waals surface area (Å²) in [5.74, 6) is 1.79. The van der Waals surface area contributed by atoms with Crippen LogP contribution in [0.1, 0.15) is 25.0 Å². The van der Waals surface area contributed by atoms with E-state index in [-0.39, 0.29) is 5.41 Å². The van der Waals surface area contributed by atoms with Crippen molar-refractivity contribution >= 4 is 32.7 Å². The van der Waals surface area contributed by atoms with Gasteiger partial charge >= 0.3 is 0 Å². The summed E-state index contributed by atoms with van der Waals surface area (Å²) < 4.78 is 12.8. The Morgan fingerprint density at radius 2 is 1.07 bits per heavy atom. The molecular formula is C43H28O2. The molecule has 8 aromatic rings. The first-order valence-corrected chi connectivity index (χ1v) is 15.6. The fourth-order valence-corrected chi connectivity index (χ4v) is 7.93. The van der Waals surface area contributed by atoms with Crippen LogP contribution in [0.3, 0.4) is 0 Å². The fourth-order valence-electron chi connectivity index (χ4n) is 7.93. The molecule has 212 valence electrons. The summed E-state index contributed by atoms with van der Waals surface area (Å²) in [6, 6.07) is 48.0. The molecule has 0 bridgehead atoms. The standard InChI is InChI=1S/C43H28O2/c1-43(2)35-14-5-3-9-28(35)29-19-17-26(24-36(29)43)25-18-21-38-34(23-25)32-12-7-11-30-27(20-22-40(45-38)41(30)32)31-13-8-16-39-42(31)33-10-4-6-15-37(33)44-39/h3-24H,1-2H3. The van der Waals surface area contributed by atoms with Crippen molar-refractivity contribution in [3.05, 3.63) is 145 Å². The Kier molecular flexibility index (Phi) is 4.82. The highest BCUT2D eigenvalue weighted by atomic mass is 16.5. The second-order valence-electron chi connectivity index (χ2n) is 12.9. The Morgan fingerprint density at radius 3 is 2.00 bits per heavy atom. The summed E-state index contributed by atoms with van der Waals surface area (Å²) in [5.41, 5.74) is 14.3. The minimum Gasteiger partial charge on any atom is -0.456 e. The van der Waals surface area contributed by atoms with Gasteiger partial charge in [0.15, 0.2) is 0 Å². The molecule has 0 amide bonds. The van der Waals surface area contributed by atoms with Gasteiger partial charge in [-0.25, -0.2) is 0 Å². The monoisotopic (exact) mass is 576 g/mol. The Morgan fingerprint density at radius 1 is 0.422 bits per heavy atom. The zero-order valence-electron chi connectivity index (χ0n) is 25.0. The zero-order chi connectivity index (χ0) is 29.9. The first kappa shape index (κ1) is 24.8. The molecule has 0 saturated heterocycles. The van der Waals surface area contributed by atoms with E-state index in [1.54, 1.807) is 0 Å². The average Bonchev–Trinajstić information content (AvgIpc) is 3.57. The maximum atomic E-state index is 6.60. The fraction of sp³-hybridized carbons (Fsp3) is 0.0698. The number of hydrogen-bond acceptors (Lipinski definition) is 2. The Hall–Kier alpha value is -5.60. The molecule has 0 unspecified atom stereocenters. The molecule has 0 atom stereocenters. The van der Waals surface area contributed by atoms with Crippen molar-refractivity contribution in [1.82, 2.24) is 0 Å². The van der Waals surface area contributed by atoms with E-state index in [0.717, 1.165) is 44.4 Å². The van der Waals surface area contributed by atoms with E-state index in [2.05, 4.69) is 135 Å². The first-order chi connectivity index (χ1) is 22.1. The van der Waals surface area contributed by atoms with Gasteiger partial charge in [0, 0.05) is 27.1 Å². The summed E-state index contributed by atoms with van der Waals surface area (Å²) in [5, 5.41) is 4.61. The topological polar surface area (TPSA) is 22.4 Å². The number of furan rings is 1. The van der Waals surface area contributed by atoms with Gasteiger partial charge in [-0.1, -0.05) is 111 Å². The normalized spacial score (nSPS) is 13.9. The number of fused-ring (bicyclic) bond motifs is 8. The van der Waals surface area contributed by atoms with Gasteiger partial charge < -0.3 is 9.15 Å². The van der Waals surface area contributed by atoms with E-state index < -0.39 is 0 Å². The van der Waals surface area contributed by atoms with Gasteiger partial charge in [-0.2, -0.15) is 0 Å². The van der Waals surface area contributed by atoms with Gasteiger partial charge in [-0.15, -0.1) is 0 Å². The molecule has 0 radical (unpaired) electrons. The third-order valence-corrected chi connectivity index (χ3v) is 10.1. The summed E-state index contributed by atoms with van der Waals surface area (Å²) in [7, 11) is 0. The van der Waals surface area contributed by atoms with Crippen molar-refractivity contribution in [2.24, 2.45) is 0 Å². The SMILES string of the molecule is CC1(C)c2ccccc2-c2ccc(-c3ccc4c(c3)-c3cccc5c(-c6cccc7oc8ccccc8c67)ccc(c35)O4)cc21. The molecule has 2 heteroatoms. The van der Waals surface area contributed by atoms with E-state index in [1.165, 1.54) is 55.5 Å². The minimum atomic E-state index is -0.0383. The molecule has 2 heterocycles. The molecule has 0 spiro atoms. The van der Waals surface area contributed by atoms with Crippen LogP contribution in [0.2, 0.25) is 0 Å². The van der Waals surface area contributed by atoms with Gasteiger partial charge in [0.25, 0.3) is 0 Å². The van der Waals surface area contributed by atoms with Crippen LogP contribution >= 0.6 is 0 Å². The number of para-hydroxylation sites is 1. The van der Waals surface area contributed by atoms with E-state index in [1.807, 2.05) is 12.1 Å². The van der Waals surface area contributed by atoms with Crippen molar-refractivity contribution in [2.45, 2.75) is 19.3 Å². The van der Waals surface area contributed by atoms with Gasteiger partial charge in [0.1, 0.15) is 22.7 Å². The zero-order valence-corrected chi connectivity index (χ0v) is 25.0. The predicted molar refractivity (Wildman–Crippen MR) is 185 cm³/mol. The maximum absolute atomic E-state index is 6.60. The molecular weight excluding hydrogens is 548 g/mol. The predicted octanol–water partition coefficient (Wildman–Crippen LogP) is 12.2. The van der Waals surface area contributed by atoms with Gasteiger partial charge in [-0.05, 0) is 91.9 Å². The molecule has 1 aromatic heterocycles. The van der Waals surface area contributed by atoms with Crippen molar-refractivity contribution in [1.29, 1.82) is 0 Å². The van der Waals surface area contributed by atoms with Crippen LogP contribution in [0.5, 0.6) is 11.5 Å². The third kappa shape index (κ3) is 3.34. The lowest BCUT2D eigenvalue weighted by Crippen LogP contribution is -2.14. The molecule has 10 rings (SSSR count). The molecule has 45 heavy (non-hydrogen) atoms. The van der Waals surface area contributed by atoms with Crippen LogP contribution < -0.4 is 4.74 Å². The maximum Gasteiger partial charge on any atom is 0.136 e. The highest BCUT2D eigenvalue weighted by molar-refractivity contribution is 6.17. The largest absolute Gasteiger partial charge is 0.456 e. The molecule has 0 saturated carbocycles. The van der Waals surface area contributed by atoms with Crippen LogP contribution in [0.15, 0.2) is 138 Å². The first-order valence-electron chi connectivity index (χ1n) is 15.6.